The first-order valence-electron chi connectivity index (χ1n) is 9.48. The van der Waals surface area contributed by atoms with E-state index < -0.39 is 12.0 Å². The normalized spacial score (nSPS) is 19.3. The fraction of sp³-hybridized carbons (Fsp3) is 0.350. The number of nitrogens with zero attached hydrogens (tertiary/aromatic N) is 2. The maximum Gasteiger partial charge on any atom is 0.451 e. The van der Waals surface area contributed by atoms with Crippen molar-refractivity contribution in [3.8, 4) is 5.75 Å². The van der Waals surface area contributed by atoms with Gasteiger partial charge < -0.3 is 15.7 Å². The lowest BCUT2D eigenvalue weighted by Crippen LogP contribution is -2.45. The SMILES string of the molecule is N=NN(C(=N)C(F)(F)F)c1ccc(O)c(CN[C@H]2CCCN[C@H]2c2ccccc2)c1. The molecule has 0 aromatic heterocycles. The lowest BCUT2D eigenvalue weighted by atomic mass is 9.92. The van der Waals surface area contributed by atoms with Crippen molar-refractivity contribution >= 4 is 11.5 Å². The van der Waals surface area contributed by atoms with Crippen LogP contribution in [0.25, 0.3) is 0 Å². The van der Waals surface area contributed by atoms with Crippen LogP contribution in [0.2, 0.25) is 0 Å². The van der Waals surface area contributed by atoms with E-state index in [1.165, 1.54) is 18.2 Å². The van der Waals surface area contributed by atoms with E-state index in [9.17, 15) is 18.3 Å². The van der Waals surface area contributed by atoms with Crippen molar-refractivity contribution in [1.29, 1.82) is 10.9 Å². The van der Waals surface area contributed by atoms with Gasteiger partial charge in [-0.25, -0.2) is 0 Å². The Bertz CT molecular complexity index is 890. The number of hydrogen-bond acceptors (Lipinski definition) is 6. The van der Waals surface area contributed by atoms with Gasteiger partial charge in [-0.05, 0) is 43.1 Å². The number of nitrogens with one attached hydrogen (secondary N) is 4. The summed E-state index contributed by atoms with van der Waals surface area (Å²) in [5, 5.41) is 27.3. The highest BCUT2D eigenvalue weighted by Gasteiger charge is 2.39. The molecule has 0 saturated carbocycles. The Balaban J connectivity index is 1.77. The van der Waals surface area contributed by atoms with Crippen molar-refractivity contribution in [3.05, 3.63) is 59.7 Å². The van der Waals surface area contributed by atoms with E-state index in [4.69, 9.17) is 10.9 Å². The smallest absolute Gasteiger partial charge is 0.451 e. The fourth-order valence-corrected chi connectivity index (χ4v) is 3.56. The Morgan fingerprint density at radius 1 is 1.23 bits per heavy atom. The summed E-state index contributed by atoms with van der Waals surface area (Å²) in [5.74, 6) is -1.86. The van der Waals surface area contributed by atoms with Crippen molar-refractivity contribution in [2.45, 2.75) is 37.6 Å². The molecular formula is C20H23F3N6O. The Labute approximate surface area is 171 Å². The number of hydrogen-bond donors (Lipinski definition) is 5. The van der Waals surface area contributed by atoms with Gasteiger partial charge in [0.2, 0.25) is 5.84 Å². The molecule has 0 aliphatic carbocycles. The molecule has 1 aliphatic rings. The highest BCUT2D eigenvalue weighted by atomic mass is 19.4. The van der Waals surface area contributed by atoms with Gasteiger partial charge in [0, 0.05) is 24.2 Å². The number of halogens is 3. The van der Waals surface area contributed by atoms with E-state index in [1.807, 2.05) is 30.3 Å². The van der Waals surface area contributed by atoms with Gasteiger partial charge in [-0.3, -0.25) is 5.41 Å². The minimum atomic E-state index is -4.95. The summed E-state index contributed by atoms with van der Waals surface area (Å²) < 4.78 is 38.6. The Morgan fingerprint density at radius 3 is 2.63 bits per heavy atom. The van der Waals surface area contributed by atoms with Gasteiger partial charge in [0.05, 0.1) is 5.69 Å². The summed E-state index contributed by atoms with van der Waals surface area (Å²) in [6.07, 6.45) is -3.07. The van der Waals surface area contributed by atoms with Crippen LogP contribution in [0.5, 0.6) is 5.75 Å². The van der Waals surface area contributed by atoms with Gasteiger partial charge in [-0.1, -0.05) is 35.6 Å². The predicted octanol–water partition coefficient (Wildman–Crippen LogP) is 4.27. The van der Waals surface area contributed by atoms with Crippen LogP contribution in [0.4, 0.5) is 18.9 Å². The van der Waals surface area contributed by atoms with Crippen molar-refractivity contribution in [3.63, 3.8) is 0 Å². The largest absolute Gasteiger partial charge is 0.508 e. The Hall–Kier alpha value is -2.98. The van der Waals surface area contributed by atoms with Gasteiger partial charge in [-0.2, -0.15) is 23.7 Å². The van der Waals surface area contributed by atoms with Crippen LogP contribution in [0, 0.1) is 10.9 Å². The predicted molar refractivity (Wildman–Crippen MR) is 107 cm³/mol. The molecule has 0 unspecified atom stereocenters. The molecule has 0 spiro atoms. The first kappa shape index (κ1) is 21.7. The summed E-state index contributed by atoms with van der Waals surface area (Å²) in [6.45, 7) is 1.10. The number of piperidine rings is 1. The van der Waals surface area contributed by atoms with Gasteiger partial charge in [0.25, 0.3) is 0 Å². The summed E-state index contributed by atoms with van der Waals surface area (Å²) in [7, 11) is 0. The lowest BCUT2D eigenvalue weighted by molar-refractivity contribution is -0.0610. The fourth-order valence-electron chi connectivity index (χ4n) is 3.56. The van der Waals surface area contributed by atoms with Crippen LogP contribution in [0.15, 0.2) is 53.8 Å². The van der Waals surface area contributed by atoms with Gasteiger partial charge >= 0.3 is 6.18 Å². The molecule has 1 fully saturated rings. The zero-order valence-electron chi connectivity index (χ0n) is 16.1. The Kier molecular flexibility index (Phi) is 6.68. The second-order valence-electron chi connectivity index (χ2n) is 7.04. The van der Waals surface area contributed by atoms with E-state index in [1.54, 1.807) is 0 Å². The molecular weight excluding hydrogens is 397 g/mol. The number of rotatable bonds is 6. The zero-order chi connectivity index (χ0) is 21.7. The molecule has 2 aromatic carbocycles. The van der Waals surface area contributed by atoms with Crippen LogP contribution >= 0.6 is 0 Å². The van der Waals surface area contributed by atoms with E-state index in [0.717, 1.165) is 24.9 Å². The van der Waals surface area contributed by atoms with E-state index in [-0.39, 0.29) is 35.1 Å². The monoisotopic (exact) mass is 420 g/mol. The molecule has 10 heteroatoms. The zero-order valence-corrected chi connectivity index (χ0v) is 16.1. The first-order valence-corrected chi connectivity index (χ1v) is 9.48. The number of anilines is 1. The highest BCUT2D eigenvalue weighted by molar-refractivity contribution is 5.98. The number of aromatic hydroxyl groups is 1. The van der Waals surface area contributed by atoms with Crippen LogP contribution < -0.4 is 15.6 Å². The summed E-state index contributed by atoms with van der Waals surface area (Å²) in [4.78, 5) is 0. The van der Waals surface area contributed by atoms with Crippen molar-refractivity contribution in [2.75, 3.05) is 11.6 Å². The maximum absolute atomic E-state index is 12.9. The summed E-state index contributed by atoms with van der Waals surface area (Å²) in [6, 6.07) is 13.8. The molecule has 2 aromatic rings. The number of phenolic OH excluding ortho intramolecular Hbond substituents is 1. The molecule has 2 atom stereocenters. The summed E-state index contributed by atoms with van der Waals surface area (Å²) in [5.41, 5.74) is 8.40. The second kappa shape index (κ2) is 9.23. The quantitative estimate of drug-likeness (QED) is 0.208. The highest BCUT2D eigenvalue weighted by Crippen LogP contribution is 2.29. The first-order chi connectivity index (χ1) is 14.3. The van der Waals surface area contributed by atoms with Crippen LogP contribution in [0.1, 0.15) is 30.0 Å². The number of alkyl halides is 3. The second-order valence-corrected chi connectivity index (χ2v) is 7.04. The molecule has 1 heterocycles. The topological polar surface area (TPSA) is 108 Å². The third-order valence-electron chi connectivity index (χ3n) is 5.06. The van der Waals surface area contributed by atoms with E-state index in [2.05, 4.69) is 15.9 Å². The molecule has 160 valence electrons. The third kappa shape index (κ3) is 4.95. The van der Waals surface area contributed by atoms with Gasteiger partial charge in [0.1, 0.15) is 5.75 Å². The molecule has 1 aliphatic heterocycles. The lowest BCUT2D eigenvalue weighted by Gasteiger charge is -2.34. The van der Waals surface area contributed by atoms with Gasteiger partial charge in [-0.15, -0.1) is 0 Å². The molecule has 5 N–H and O–H groups in total. The van der Waals surface area contributed by atoms with Crippen LogP contribution in [-0.2, 0) is 6.54 Å². The van der Waals surface area contributed by atoms with Gasteiger partial charge in [0.15, 0.2) is 0 Å². The molecule has 0 bridgehead atoms. The van der Waals surface area contributed by atoms with Crippen LogP contribution in [-0.4, -0.2) is 29.7 Å². The minimum Gasteiger partial charge on any atom is -0.508 e. The molecule has 7 nitrogen and oxygen atoms in total. The summed E-state index contributed by atoms with van der Waals surface area (Å²) >= 11 is 0. The standard InChI is InChI=1S/C20H23F3N6O/c21-20(22,23)19(24)29(28-25)15-8-9-17(30)14(11-15)12-27-16-7-4-10-26-18(16)13-5-2-1-3-6-13/h1-3,5-6,8-9,11,16,18,24-27,30H,4,7,10,12H2/t16-,18-/m0/s1. The van der Waals surface area contributed by atoms with Crippen molar-refractivity contribution in [1.82, 2.24) is 10.6 Å². The van der Waals surface area contributed by atoms with Crippen molar-refractivity contribution < 1.29 is 18.3 Å². The van der Waals surface area contributed by atoms with Crippen molar-refractivity contribution in [2.24, 2.45) is 5.22 Å². The number of benzene rings is 2. The van der Waals surface area contributed by atoms with E-state index >= 15 is 0 Å². The average molecular weight is 420 g/mol. The average Bonchev–Trinajstić information content (AvgIpc) is 2.74. The molecule has 0 amide bonds. The molecule has 0 radical (unpaired) electrons. The Morgan fingerprint density at radius 2 is 1.97 bits per heavy atom. The molecule has 3 rings (SSSR count). The maximum atomic E-state index is 12.9. The van der Waals surface area contributed by atoms with Crippen LogP contribution in [0.3, 0.4) is 0 Å². The molecule has 1 saturated heterocycles. The van der Waals surface area contributed by atoms with E-state index in [0.29, 0.717) is 5.56 Å². The third-order valence-corrected chi connectivity index (χ3v) is 5.06. The number of phenols is 1. The number of amidine groups is 1. The minimum absolute atomic E-state index is 0.0645. The molecule has 30 heavy (non-hydrogen) atoms.